The van der Waals surface area contributed by atoms with Crippen molar-refractivity contribution in [1.29, 1.82) is 0 Å². The summed E-state index contributed by atoms with van der Waals surface area (Å²) in [4.78, 5) is 19.3. The van der Waals surface area contributed by atoms with Crippen LogP contribution in [0.2, 0.25) is 0 Å². The number of halogens is 6. The highest BCUT2D eigenvalue weighted by Crippen LogP contribution is 2.51. The Morgan fingerprint density at radius 1 is 1.09 bits per heavy atom. The van der Waals surface area contributed by atoms with Gasteiger partial charge < -0.3 is 4.57 Å². The van der Waals surface area contributed by atoms with Gasteiger partial charge in [-0.15, -0.1) is 10.2 Å². The van der Waals surface area contributed by atoms with E-state index in [2.05, 4.69) is 22.1 Å². The van der Waals surface area contributed by atoms with Gasteiger partial charge in [-0.2, -0.15) is 26.3 Å². The Bertz CT molecular complexity index is 1720. The van der Waals surface area contributed by atoms with E-state index in [0.29, 0.717) is 18.0 Å². The van der Waals surface area contributed by atoms with Crippen LogP contribution >= 0.6 is 0 Å². The zero-order valence-corrected chi connectivity index (χ0v) is 23.6. The van der Waals surface area contributed by atoms with E-state index in [-0.39, 0.29) is 37.1 Å². The number of alkyl halides is 6. The fraction of sp³-hybridized carbons (Fsp3) is 0.467. The van der Waals surface area contributed by atoms with Gasteiger partial charge >= 0.3 is 12.4 Å². The van der Waals surface area contributed by atoms with E-state index in [4.69, 9.17) is 0 Å². The number of likely N-dealkylation sites (tertiary alicyclic amines) is 1. The van der Waals surface area contributed by atoms with E-state index < -0.39 is 40.5 Å². The Morgan fingerprint density at radius 2 is 1.86 bits per heavy atom. The lowest BCUT2D eigenvalue weighted by molar-refractivity contribution is -0.187. The SMILES string of the molecule is CC1CC(c2cccc(-c3cnc4c(C(F)(F)F)cc(CN5CCC[C@H](C(F)(F)F)C5)cn4c3=O)c2)(c2nncn2C)C1. The summed E-state index contributed by atoms with van der Waals surface area (Å²) in [5, 5.41) is 8.39. The van der Waals surface area contributed by atoms with Crippen LogP contribution in [-0.4, -0.2) is 48.3 Å². The summed E-state index contributed by atoms with van der Waals surface area (Å²) < 4.78 is 85.2. The lowest BCUT2D eigenvalue weighted by Crippen LogP contribution is -2.43. The maximum absolute atomic E-state index is 14.1. The van der Waals surface area contributed by atoms with Crippen molar-refractivity contribution in [2.24, 2.45) is 18.9 Å². The number of rotatable bonds is 5. The number of benzene rings is 1. The average Bonchev–Trinajstić information content (AvgIpc) is 3.36. The Hall–Kier alpha value is -3.74. The Balaban J connectivity index is 1.41. The molecule has 2 fully saturated rings. The molecule has 1 aliphatic heterocycles. The van der Waals surface area contributed by atoms with E-state index in [0.717, 1.165) is 40.9 Å². The van der Waals surface area contributed by atoms with Crippen molar-refractivity contribution in [3.05, 3.63) is 81.9 Å². The first-order chi connectivity index (χ1) is 20.3. The number of piperidine rings is 1. The molecule has 2 aliphatic rings. The van der Waals surface area contributed by atoms with Crippen LogP contribution in [0.15, 0.2) is 53.8 Å². The zero-order valence-electron chi connectivity index (χ0n) is 23.6. The first-order valence-electron chi connectivity index (χ1n) is 14.1. The molecule has 0 N–H and O–H groups in total. The normalized spacial score (nSPS) is 23.4. The fourth-order valence-corrected chi connectivity index (χ4v) is 6.84. The van der Waals surface area contributed by atoms with Gasteiger partial charge in [0.05, 0.1) is 22.5 Å². The molecule has 0 spiro atoms. The van der Waals surface area contributed by atoms with Gasteiger partial charge in [0, 0.05) is 32.5 Å². The Kier molecular flexibility index (Phi) is 7.14. The molecule has 0 unspecified atom stereocenters. The molecule has 1 saturated carbocycles. The molecule has 4 heterocycles. The molecule has 1 atom stereocenters. The Morgan fingerprint density at radius 3 is 2.51 bits per heavy atom. The van der Waals surface area contributed by atoms with E-state index in [1.54, 1.807) is 18.5 Å². The van der Waals surface area contributed by atoms with Crippen LogP contribution in [-0.2, 0) is 25.2 Å². The maximum Gasteiger partial charge on any atom is 0.419 e. The minimum absolute atomic E-state index is 0.0197. The first kappa shape index (κ1) is 29.3. The molecular formula is C30H30F6N6O. The number of hydrogen-bond acceptors (Lipinski definition) is 5. The molecule has 0 amide bonds. The quantitative estimate of drug-likeness (QED) is 0.262. The van der Waals surface area contributed by atoms with Gasteiger partial charge in [0.15, 0.2) is 5.65 Å². The van der Waals surface area contributed by atoms with Crippen LogP contribution in [0, 0.1) is 11.8 Å². The van der Waals surface area contributed by atoms with Crippen LogP contribution in [0.4, 0.5) is 26.3 Å². The summed E-state index contributed by atoms with van der Waals surface area (Å²) in [5.74, 6) is -0.310. The second kappa shape index (κ2) is 10.5. The number of aromatic nitrogens is 5. The van der Waals surface area contributed by atoms with Gasteiger partial charge in [0.25, 0.3) is 5.56 Å². The highest BCUT2D eigenvalue weighted by Gasteiger charge is 2.48. The van der Waals surface area contributed by atoms with Crippen molar-refractivity contribution in [1.82, 2.24) is 29.0 Å². The first-order valence-corrected chi connectivity index (χ1v) is 14.1. The highest BCUT2D eigenvalue weighted by atomic mass is 19.4. The van der Waals surface area contributed by atoms with Crippen LogP contribution in [0.1, 0.15) is 55.1 Å². The molecular weight excluding hydrogens is 574 g/mol. The molecule has 1 aromatic carbocycles. The number of fused-ring (bicyclic) bond motifs is 1. The number of hydrogen-bond donors (Lipinski definition) is 0. The number of aryl methyl sites for hydroxylation is 1. The van der Waals surface area contributed by atoms with Gasteiger partial charge in [-0.3, -0.25) is 14.1 Å². The molecule has 0 radical (unpaired) electrons. The summed E-state index contributed by atoms with van der Waals surface area (Å²) >= 11 is 0. The van der Waals surface area contributed by atoms with Crippen molar-refractivity contribution in [3.8, 4) is 11.1 Å². The van der Waals surface area contributed by atoms with Crippen LogP contribution < -0.4 is 5.56 Å². The summed E-state index contributed by atoms with van der Waals surface area (Å²) in [6.45, 7) is 1.99. The van der Waals surface area contributed by atoms with Crippen molar-refractivity contribution < 1.29 is 26.3 Å². The summed E-state index contributed by atoms with van der Waals surface area (Å²) in [7, 11) is 1.87. The number of pyridine rings is 1. The average molecular weight is 605 g/mol. The topological polar surface area (TPSA) is 68.3 Å². The lowest BCUT2D eigenvalue weighted by atomic mass is 9.58. The van der Waals surface area contributed by atoms with Gasteiger partial charge in [-0.1, -0.05) is 25.1 Å². The maximum atomic E-state index is 14.1. The van der Waals surface area contributed by atoms with Crippen LogP contribution in [0.25, 0.3) is 16.8 Å². The summed E-state index contributed by atoms with van der Waals surface area (Å²) in [6.07, 6.45) is -3.26. The van der Waals surface area contributed by atoms with Crippen molar-refractivity contribution >= 4 is 5.65 Å². The van der Waals surface area contributed by atoms with Gasteiger partial charge in [-0.25, -0.2) is 4.98 Å². The molecule has 13 heteroatoms. The van der Waals surface area contributed by atoms with Crippen molar-refractivity contribution in [2.75, 3.05) is 13.1 Å². The predicted molar refractivity (Wildman–Crippen MR) is 146 cm³/mol. The molecule has 0 bridgehead atoms. The third-order valence-corrected chi connectivity index (χ3v) is 8.80. The molecule has 1 aliphatic carbocycles. The van der Waals surface area contributed by atoms with E-state index >= 15 is 0 Å². The highest BCUT2D eigenvalue weighted by molar-refractivity contribution is 5.66. The van der Waals surface area contributed by atoms with Gasteiger partial charge in [0.2, 0.25) is 0 Å². The lowest BCUT2D eigenvalue weighted by Gasteiger charge is -2.46. The third-order valence-electron chi connectivity index (χ3n) is 8.80. The van der Waals surface area contributed by atoms with Gasteiger partial charge in [0.1, 0.15) is 12.2 Å². The van der Waals surface area contributed by atoms with E-state index in [9.17, 15) is 31.1 Å². The second-order valence-electron chi connectivity index (χ2n) is 12.0. The minimum atomic E-state index is -4.83. The molecule has 1 saturated heterocycles. The molecule has 3 aromatic heterocycles. The Labute approximate surface area is 243 Å². The second-order valence-corrected chi connectivity index (χ2v) is 12.0. The zero-order chi connectivity index (χ0) is 30.7. The molecule has 43 heavy (non-hydrogen) atoms. The van der Waals surface area contributed by atoms with Crippen LogP contribution in [0.3, 0.4) is 0 Å². The minimum Gasteiger partial charge on any atom is -0.320 e. The summed E-state index contributed by atoms with van der Waals surface area (Å²) in [6, 6.07) is 8.18. The molecule has 4 aromatic rings. The van der Waals surface area contributed by atoms with Crippen molar-refractivity contribution in [3.63, 3.8) is 0 Å². The monoisotopic (exact) mass is 604 g/mol. The largest absolute Gasteiger partial charge is 0.419 e. The third kappa shape index (κ3) is 5.32. The predicted octanol–water partition coefficient (Wildman–Crippen LogP) is 6.00. The standard InChI is InChI=1S/C30H30F6N6O/c1-18-11-28(12-18,27-39-38-17-40(27)2)21-6-3-5-20(10-21)23-13-37-25-24(30(34,35)36)9-19(15-42(25)26(23)43)14-41-8-4-7-22(16-41)29(31,32)33/h3,5-6,9-10,13,15,17-18,22H,4,7-8,11-12,14,16H2,1-2H3/t18?,22-,28?/m0/s1. The molecule has 228 valence electrons. The van der Waals surface area contributed by atoms with E-state index in [1.165, 1.54) is 11.1 Å². The molecule has 7 nitrogen and oxygen atoms in total. The number of nitrogens with zero attached hydrogens (tertiary/aromatic N) is 6. The molecule has 6 rings (SSSR count). The fourth-order valence-electron chi connectivity index (χ4n) is 6.84. The van der Waals surface area contributed by atoms with Crippen molar-refractivity contribution in [2.45, 2.75) is 56.9 Å². The smallest absolute Gasteiger partial charge is 0.320 e. The van der Waals surface area contributed by atoms with E-state index in [1.807, 2.05) is 23.7 Å². The van der Waals surface area contributed by atoms with Crippen LogP contribution in [0.5, 0.6) is 0 Å². The van der Waals surface area contributed by atoms with Gasteiger partial charge in [-0.05, 0) is 67.0 Å². The summed E-state index contributed by atoms with van der Waals surface area (Å²) in [5.41, 5.74) is -1.18.